The van der Waals surface area contributed by atoms with Gasteiger partial charge in [0.1, 0.15) is 0 Å². The summed E-state index contributed by atoms with van der Waals surface area (Å²) in [6, 6.07) is 0. The average Bonchev–Trinajstić information content (AvgIpc) is 1.12. The van der Waals surface area contributed by atoms with Crippen LogP contribution in [-0.2, 0) is 15.0 Å². The summed E-state index contributed by atoms with van der Waals surface area (Å²) in [4.78, 5) is 22.9. The van der Waals surface area contributed by atoms with Gasteiger partial charge in [0, 0.05) is 10.4 Å². The summed E-state index contributed by atoms with van der Waals surface area (Å²) in [7, 11) is -10.1. The van der Waals surface area contributed by atoms with Crippen LogP contribution < -0.4 is 23.3 Å². The fourth-order valence-electron chi connectivity index (χ4n) is 0. The van der Waals surface area contributed by atoms with Crippen LogP contribution in [0.1, 0.15) is 0 Å². The van der Waals surface area contributed by atoms with Crippen molar-refractivity contribution < 1.29 is 36.8 Å². The van der Waals surface area contributed by atoms with Crippen LogP contribution in [0.15, 0.2) is 0 Å². The SMILES string of the molecule is O=P([O-])(O)O.O=S(=O)([O-])[O-].[NH4+].[NH4+].[NH4+]. The molecule has 0 aliphatic carbocycles. The van der Waals surface area contributed by atoms with Gasteiger partial charge < -0.3 is 42.2 Å². The molecule has 0 aliphatic rings. The van der Waals surface area contributed by atoms with E-state index in [0.717, 1.165) is 0 Å². The molecule has 0 radical (unpaired) electrons. The van der Waals surface area contributed by atoms with Gasteiger partial charge in [0.25, 0.3) is 7.82 Å². The maximum absolute atomic E-state index is 8.77. The van der Waals surface area contributed by atoms with E-state index in [0.29, 0.717) is 0 Å². The first kappa shape index (κ1) is 29.3. The maximum Gasteiger partial charge on any atom is 0.262 e. The van der Waals surface area contributed by atoms with Gasteiger partial charge in [-0.25, -0.2) is 0 Å². The van der Waals surface area contributed by atoms with Gasteiger partial charge in [0.2, 0.25) is 0 Å². The van der Waals surface area contributed by atoms with Crippen molar-refractivity contribution in [2.24, 2.45) is 0 Å². The summed E-state index contributed by atoms with van der Waals surface area (Å²) in [6.07, 6.45) is 0. The predicted octanol–water partition coefficient (Wildman–Crippen LogP) is -1.77. The molecule has 88 valence electrons. The Morgan fingerprint density at radius 2 is 1.00 bits per heavy atom. The van der Waals surface area contributed by atoms with Crippen LogP contribution in [0.2, 0.25) is 0 Å². The molecule has 0 unspecified atom stereocenters. The minimum absolute atomic E-state index is 0. The molecule has 0 bridgehead atoms. The number of phosphoric acid groups is 1. The zero-order chi connectivity index (χ0) is 9.00. The van der Waals surface area contributed by atoms with Gasteiger partial charge in [0.05, 0.1) is 0 Å². The Kier molecular flexibility index (Phi) is 22.4. The number of hydrogen-bond acceptors (Lipinski definition) is 6. The standard InChI is InChI=1S/3H3N.H3O4P.H2O4S/c;;;2*1-5(2,3)4/h3*1H3;(H3,1,2,3,4);(H2,1,2,3,4). The van der Waals surface area contributed by atoms with E-state index in [2.05, 4.69) is 0 Å². The third kappa shape index (κ3) is 58800. The number of hydrogen-bond donors (Lipinski definition) is 5. The number of rotatable bonds is 0. The van der Waals surface area contributed by atoms with Crippen molar-refractivity contribution in [2.45, 2.75) is 0 Å². The quantitative estimate of drug-likeness (QED) is 0.185. The molecular weight excluding hydrogens is 233 g/mol. The first-order chi connectivity index (χ1) is 4.00. The summed E-state index contributed by atoms with van der Waals surface area (Å²) in [5.41, 5.74) is 0. The molecule has 0 rings (SSSR count). The second-order valence-corrected chi connectivity index (χ2v) is 2.70. The summed E-state index contributed by atoms with van der Waals surface area (Å²) < 4.78 is 42.9. The monoisotopic (exact) mass is 247 g/mol. The summed E-state index contributed by atoms with van der Waals surface area (Å²) >= 11 is 0. The molecule has 13 heteroatoms. The maximum atomic E-state index is 8.77. The third-order valence-corrected chi connectivity index (χ3v) is 0. The van der Waals surface area contributed by atoms with Gasteiger partial charge in [-0.3, -0.25) is 13.0 Å². The van der Waals surface area contributed by atoms with E-state index >= 15 is 0 Å². The average molecular weight is 247 g/mol. The zero-order valence-corrected chi connectivity index (χ0v) is 8.91. The molecule has 0 saturated heterocycles. The lowest BCUT2D eigenvalue weighted by Gasteiger charge is -2.06. The van der Waals surface area contributed by atoms with Crippen molar-refractivity contribution in [3.05, 3.63) is 0 Å². The lowest BCUT2D eigenvalue weighted by atomic mass is 14.0. The van der Waals surface area contributed by atoms with Crippen LogP contribution in [0.5, 0.6) is 0 Å². The third-order valence-electron chi connectivity index (χ3n) is 0. The first-order valence-corrected chi connectivity index (χ1v) is 4.30. The van der Waals surface area contributed by atoms with Gasteiger partial charge in [-0.15, -0.1) is 0 Å². The highest BCUT2D eigenvalue weighted by molar-refractivity contribution is 7.79. The van der Waals surface area contributed by atoms with Gasteiger partial charge in [-0.05, 0) is 0 Å². The van der Waals surface area contributed by atoms with E-state index in [9.17, 15) is 0 Å². The molecule has 0 fully saturated rings. The smallest absolute Gasteiger partial charge is 0.262 e. The molecule has 0 amide bonds. The van der Waals surface area contributed by atoms with Crippen LogP contribution >= 0.6 is 7.82 Å². The lowest BCUT2D eigenvalue weighted by Crippen LogP contribution is -1.94. The molecule has 0 spiro atoms. The Labute approximate surface area is 74.4 Å². The fraction of sp³-hybridized carbons (Fsp3) is 0. The van der Waals surface area contributed by atoms with Crippen molar-refractivity contribution in [2.75, 3.05) is 0 Å². The molecule has 14 N–H and O–H groups in total. The first-order valence-electron chi connectivity index (χ1n) is 1.43. The van der Waals surface area contributed by atoms with E-state index in [4.69, 9.17) is 36.8 Å². The van der Waals surface area contributed by atoms with Crippen molar-refractivity contribution in [3.8, 4) is 0 Å². The van der Waals surface area contributed by atoms with Crippen molar-refractivity contribution in [3.63, 3.8) is 0 Å². The highest BCUT2D eigenvalue weighted by Gasteiger charge is 1.82. The van der Waals surface area contributed by atoms with E-state index in [1.807, 2.05) is 0 Å². The fourth-order valence-corrected chi connectivity index (χ4v) is 0. The molecule has 0 heterocycles. The van der Waals surface area contributed by atoms with Crippen LogP contribution in [0.25, 0.3) is 0 Å². The summed E-state index contributed by atoms with van der Waals surface area (Å²) in [6.45, 7) is 0. The van der Waals surface area contributed by atoms with E-state index in [1.165, 1.54) is 0 Å². The molecule has 0 aromatic carbocycles. The van der Waals surface area contributed by atoms with Crippen LogP contribution in [0.4, 0.5) is 0 Å². The van der Waals surface area contributed by atoms with Gasteiger partial charge in [0.15, 0.2) is 0 Å². The number of quaternary nitrogens is 3. The molecule has 13 heavy (non-hydrogen) atoms. The molecule has 0 aromatic rings. The van der Waals surface area contributed by atoms with Crippen molar-refractivity contribution in [1.29, 1.82) is 0 Å². The minimum atomic E-state index is -5.17. The normalized spacial score (nSPS) is 9.00. The lowest BCUT2D eigenvalue weighted by molar-refractivity contribution is -0.214. The van der Waals surface area contributed by atoms with Crippen LogP contribution in [-0.4, -0.2) is 27.3 Å². The molecule has 0 aliphatic heterocycles. The molecular formula is H14N3O8PS. The zero-order valence-electron chi connectivity index (χ0n) is 7.20. The van der Waals surface area contributed by atoms with E-state index in [-0.39, 0.29) is 18.5 Å². The second-order valence-electron chi connectivity index (χ2n) is 0.899. The van der Waals surface area contributed by atoms with E-state index < -0.39 is 18.2 Å². The van der Waals surface area contributed by atoms with Gasteiger partial charge in [-0.1, -0.05) is 0 Å². The Morgan fingerprint density at radius 1 is 1.00 bits per heavy atom. The topological polar surface area (TPSA) is 270 Å². The van der Waals surface area contributed by atoms with Gasteiger partial charge >= 0.3 is 0 Å². The predicted molar refractivity (Wildman–Crippen MR) is 40.5 cm³/mol. The molecule has 0 atom stereocenters. The van der Waals surface area contributed by atoms with Gasteiger partial charge in [-0.2, -0.15) is 0 Å². The highest BCUT2D eigenvalue weighted by Crippen LogP contribution is 2.18. The molecule has 0 aromatic heterocycles. The summed E-state index contributed by atoms with van der Waals surface area (Å²) in [5, 5.41) is 0. The second kappa shape index (κ2) is 9.94. The Hall–Kier alpha value is -0.140. The summed E-state index contributed by atoms with van der Waals surface area (Å²) in [5.74, 6) is 0. The van der Waals surface area contributed by atoms with Crippen molar-refractivity contribution in [1.82, 2.24) is 18.5 Å². The van der Waals surface area contributed by atoms with Crippen LogP contribution in [0, 0.1) is 0 Å². The van der Waals surface area contributed by atoms with E-state index in [1.54, 1.807) is 0 Å². The van der Waals surface area contributed by atoms with Crippen LogP contribution in [0.3, 0.4) is 0 Å². The molecule has 0 saturated carbocycles. The highest BCUT2D eigenvalue weighted by atomic mass is 32.3. The van der Waals surface area contributed by atoms with Crippen molar-refractivity contribution >= 4 is 18.2 Å². The molecule has 11 nitrogen and oxygen atoms in total. The minimum Gasteiger partial charge on any atom is -0.759 e. The Bertz CT molecular complexity index is 197. The Balaban J connectivity index is -0.0000000267. The Morgan fingerprint density at radius 3 is 1.00 bits per heavy atom. The largest absolute Gasteiger partial charge is 0.759 e.